The van der Waals surface area contributed by atoms with E-state index in [2.05, 4.69) is 10.1 Å². The summed E-state index contributed by atoms with van der Waals surface area (Å²) in [5.74, 6) is -0.692. The first kappa shape index (κ1) is 14.8. The molecular formula is C15H20N2O3. The van der Waals surface area contributed by atoms with Crippen LogP contribution >= 0.6 is 0 Å². The van der Waals surface area contributed by atoms with E-state index in [1.165, 1.54) is 0 Å². The Morgan fingerprint density at radius 1 is 1.40 bits per heavy atom. The monoisotopic (exact) mass is 276 g/mol. The van der Waals surface area contributed by atoms with Crippen LogP contribution in [0.2, 0.25) is 0 Å². The van der Waals surface area contributed by atoms with Gasteiger partial charge < -0.3 is 4.74 Å². The van der Waals surface area contributed by atoms with Crippen molar-refractivity contribution in [2.45, 2.75) is 32.4 Å². The van der Waals surface area contributed by atoms with Crippen LogP contribution < -0.4 is 0 Å². The summed E-state index contributed by atoms with van der Waals surface area (Å²) in [6.45, 7) is 4.57. The third-order valence-electron chi connectivity index (χ3n) is 3.89. The Kier molecular flexibility index (Phi) is 4.98. The number of amides is 1. The van der Waals surface area contributed by atoms with Gasteiger partial charge >= 0.3 is 5.91 Å². The number of methoxy groups -OCH3 is 1. The molecule has 108 valence electrons. The fourth-order valence-corrected chi connectivity index (χ4v) is 2.61. The van der Waals surface area contributed by atoms with Gasteiger partial charge in [0.2, 0.25) is 0 Å². The normalized spacial score (nSPS) is 17.1. The Bertz CT molecular complexity index is 494. The lowest BCUT2D eigenvalue weighted by molar-refractivity contribution is 0.0388. The second-order valence-electron chi connectivity index (χ2n) is 5.26. The van der Waals surface area contributed by atoms with Crippen LogP contribution in [0.3, 0.4) is 0 Å². The molecule has 1 aromatic rings. The van der Waals surface area contributed by atoms with Crippen LogP contribution in [0.1, 0.15) is 34.3 Å². The van der Waals surface area contributed by atoms with Crippen molar-refractivity contribution >= 4 is 5.91 Å². The lowest BCUT2D eigenvalue weighted by Crippen LogP contribution is -2.36. The molecular weight excluding hydrogens is 256 g/mol. The summed E-state index contributed by atoms with van der Waals surface area (Å²) in [5.41, 5.74) is 2.24. The molecule has 1 amide bonds. The van der Waals surface area contributed by atoms with E-state index in [1.807, 2.05) is 19.1 Å². The van der Waals surface area contributed by atoms with Crippen molar-refractivity contribution in [2.75, 3.05) is 20.2 Å². The second-order valence-corrected chi connectivity index (χ2v) is 5.26. The van der Waals surface area contributed by atoms with Gasteiger partial charge in [0.05, 0.1) is 6.10 Å². The first-order valence-electron chi connectivity index (χ1n) is 6.86. The Labute approximate surface area is 118 Å². The van der Waals surface area contributed by atoms with Crippen molar-refractivity contribution in [2.24, 2.45) is 5.18 Å². The average molecular weight is 276 g/mol. The highest BCUT2D eigenvalue weighted by Gasteiger charge is 2.19. The van der Waals surface area contributed by atoms with Gasteiger partial charge in [-0.2, -0.15) is 0 Å². The van der Waals surface area contributed by atoms with Gasteiger partial charge in [0.1, 0.15) is 0 Å². The topological polar surface area (TPSA) is 59.0 Å². The molecule has 1 saturated heterocycles. The van der Waals surface area contributed by atoms with Crippen LogP contribution in [0, 0.1) is 11.8 Å². The molecule has 0 spiro atoms. The molecule has 1 aliphatic heterocycles. The molecule has 1 heterocycles. The summed E-state index contributed by atoms with van der Waals surface area (Å²) < 4.78 is 5.35. The minimum absolute atomic E-state index is 0.362. The SMILES string of the molecule is COC1CCN(Cc2ccc(C)c(C(=O)N=O)c2)CC1. The van der Waals surface area contributed by atoms with Crippen LogP contribution in [-0.2, 0) is 11.3 Å². The van der Waals surface area contributed by atoms with E-state index in [1.54, 1.807) is 13.2 Å². The molecule has 5 heteroatoms. The summed E-state index contributed by atoms with van der Waals surface area (Å²) in [4.78, 5) is 24.2. The first-order valence-corrected chi connectivity index (χ1v) is 6.86. The third kappa shape index (κ3) is 3.49. The number of carbonyl (C=O) groups is 1. The van der Waals surface area contributed by atoms with E-state index in [-0.39, 0.29) is 0 Å². The molecule has 1 aromatic carbocycles. The Balaban J connectivity index is 2.03. The Hall–Kier alpha value is -1.59. The van der Waals surface area contributed by atoms with Crippen molar-refractivity contribution in [3.63, 3.8) is 0 Å². The van der Waals surface area contributed by atoms with Gasteiger partial charge in [-0.25, -0.2) is 0 Å². The zero-order valence-electron chi connectivity index (χ0n) is 12.0. The van der Waals surface area contributed by atoms with Gasteiger partial charge in [-0.3, -0.25) is 9.69 Å². The number of carbonyl (C=O) groups excluding carboxylic acids is 1. The smallest absolute Gasteiger partial charge is 0.317 e. The number of piperidine rings is 1. The van der Waals surface area contributed by atoms with Crippen LogP contribution in [0.15, 0.2) is 23.4 Å². The summed E-state index contributed by atoms with van der Waals surface area (Å²) in [6.07, 6.45) is 2.43. The summed E-state index contributed by atoms with van der Waals surface area (Å²) in [7, 11) is 1.75. The van der Waals surface area contributed by atoms with E-state index in [9.17, 15) is 9.70 Å². The van der Waals surface area contributed by atoms with Gasteiger partial charge in [0.15, 0.2) is 0 Å². The van der Waals surface area contributed by atoms with Crippen LogP contribution in [0.4, 0.5) is 0 Å². The predicted octanol–water partition coefficient (Wildman–Crippen LogP) is 2.51. The van der Waals surface area contributed by atoms with Gasteiger partial charge in [0.25, 0.3) is 0 Å². The van der Waals surface area contributed by atoms with Gasteiger partial charge in [-0.15, -0.1) is 4.91 Å². The van der Waals surface area contributed by atoms with Gasteiger partial charge in [0, 0.05) is 37.5 Å². The largest absolute Gasteiger partial charge is 0.381 e. The molecule has 0 bridgehead atoms. The molecule has 2 rings (SSSR count). The fourth-order valence-electron chi connectivity index (χ4n) is 2.61. The molecule has 0 saturated carbocycles. The zero-order chi connectivity index (χ0) is 14.5. The highest BCUT2D eigenvalue weighted by Crippen LogP contribution is 2.18. The van der Waals surface area contributed by atoms with Crippen molar-refractivity contribution in [1.29, 1.82) is 0 Å². The average Bonchev–Trinajstić information content (AvgIpc) is 2.49. The molecule has 0 N–H and O–H groups in total. The van der Waals surface area contributed by atoms with E-state index in [4.69, 9.17) is 4.74 Å². The number of aryl methyl sites for hydroxylation is 1. The highest BCUT2D eigenvalue weighted by atomic mass is 16.5. The summed E-state index contributed by atoms with van der Waals surface area (Å²) in [5, 5.41) is 2.51. The molecule has 20 heavy (non-hydrogen) atoms. The zero-order valence-corrected chi connectivity index (χ0v) is 12.0. The van der Waals surface area contributed by atoms with Crippen molar-refractivity contribution < 1.29 is 9.53 Å². The molecule has 5 nitrogen and oxygen atoms in total. The van der Waals surface area contributed by atoms with Gasteiger partial charge in [-0.05, 0) is 37.0 Å². The highest BCUT2D eigenvalue weighted by molar-refractivity contribution is 5.96. The predicted molar refractivity (Wildman–Crippen MR) is 76.6 cm³/mol. The van der Waals surface area contributed by atoms with E-state index in [0.29, 0.717) is 11.7 Å². The van der Waals surface area contributed by atoms with Crippen LogP contribution in [0.5, 0.6) is 0 Å². The van der Waals surface area contributed by atoms with Crippen molar-refractivity contribution in [3.05, 3.63) is 39.8 Å². The number of nitroso groups, excluding NO2 is 1. The summed E-state index contributed by atoms with van der Waals surface area (Å²) in [6, 6.07) is 5.65. The quantitative estimate of drug-likeness (QED) is 0.793. The molecule has 0 unspecified atom stereocenters. The van der Waals surface area contributed by atoms with Crippen LogP contribution in [0.25, 0.3) is 0 Å². The molecule has 0 aliphatic carbocycles. The van der Waals surface area contributed by atoms with E-state index < -0.39 is 5.91 Å². The number of ether oxygens (including phenoxy) is 1. The van der Waals surface area contributed by atoms with E-state index >= 15 is 0 Å². The standard InChI is InChI=1S/C15H20N2O3/c1-11-3-4-12(9-14(11)15(18)16-19)10-17-7-5-13(20-2)6-8-17/h3-4,9,13H,5-8,10H2,1-2H3. The maximum Gasteiger partial charge on any atom is 0.317 e. The Morgan fingerprint density at radius 2 is 2.10 bits per heavy atom. The first-order chi connectivity index (χ1) is 9.63. The lowest BCUT2D eigenvalue weighted by atomic mass is 10.0. The van der Waals surface area contributed by atoms with Crippen LogP contribution in [-0.4, -0.2) is 37.1 Å². The van der Waals surface area contributed by atoms with Gasteiger partial charge in [-0.1, -0.05) is 12.1 Å². The lowest BCUT2D eigenvalue weighted by Gasteiger charge is -2.31. The molecule has 0 atom stereocenters. The molecule has 0 aromatic heterocycles. The number of likely N-dealkylation sites (tertiary alicyclic amines) is 1. The minimum Gasteiger partial charge on any atom is -0.381 e. The maximum absolute atomic E-state index is 11.5. The minimum atomic E-state index is -0.692. The number of hydrogen-bond acceptors (Lipinski definition) is 4. The third-order valence-corrected chi connectivity index (χ3v) is 3.89. The second kappa shape index (κ2) is 6.72. The number of rotatable bonds is 4. The molecule has 1 fully saturated rings. The molecule has 1 aliphatic rings. The summed E-state index contributed by atoms with van der Waals surface area (Å²) >= 11 is 0. The van der Waals surface area contributed by atoms with E-state index in [0.717, 1.165) is 43.6 Å². The number of benzene rings is 1. The maximum atomic E-state index is 11.5. The van der Waals surface area contributed by atoms with Crippen molar-refractivity contribution in [3.8, 4) is 0 Å². The van der Waals surface area contributed by atoms with Crippen molar-refractivity contribution in [1.82, 2.24) is 4.90 Å². The fraction of sp³-hybridized carbons (Fsp3) is 0.533. The molecule has 0 radical (unpaired) electrons. The Morgan fingerprint density at radius 3 is 2.70 bits per heavy atom. The number of hydrogen-bond donors (Lipinski definition) is 0. The number of nitrogens with zero attached hydrogens (tertiary/aromatic N) is 2.